The lowest BCUT2D eigenvalue weighted by molar-refractivity contribution is 0.0264. The summed E-state index contributed by atoms with van der Waals surface area (Å²) in [4.78, 5) is 0. The quantitative estimate of drug-likeness (QED) is 0.846. The molecule has 0 aromatic heterocycles. The van der Waals surface area contributed by atoms with Gasteiger partial charge in [0.15, 0.2) is 0 Å². The summed E-state index contributed by atoms with van der Waals surface area (Å²) in [5.41, 5.74) is -0.469. The minimum absolute atomic E-state index is 0.0729. The van der Waals surface area contributed by atoms with Gasteiger partial charge in [-0.3, -0.25) is 0 Å². The molecule has 1 aromatic carbocycles. The summed E-state index contributed by atoms with van der Waals surface area (Å²) in [6, 6.07) is 6.17. The molecule has 0 aliphatic carbocycles. The first-order valence-electron chi connectivity index (χ1n) is 6.00. The third kappa shape index (κ3) is 4.10. The van der Waals surface area contributed by atoms with E-state index in [-0.39, 0.29) is 11.4 Å². The fraction of sp³-hybridized carbons (Fsp3) is 0.571. The number of nitrogens with one attached hydrogen (secondary N) is 1. The van der Waals surface area contributed by atoms with Crippen LogP contribution in [0.25, 0.3) is 0 Å². The van der Waals surface area contributed by atoms with Gasteiger partial charge in [-0.2, -0.15) is 0 Å². The molecule has 3 heteroatoms. The Morgan fingerprint density at radius 1 is 1.29 bits per heavy atom. The van der Waals surface area contributed by atoms with Crippen molar-refractivity contribution in [2.45, 2.75) is 45.3 Å². The highest BCUT2D eigenvalue weighted by atomic mass is 19.1. The summed E-state index contributed by atoms with van der Waals surface area (Å²) in [5.74, 6) is -0.315. The zero-order valence-corrected chi connectivity index (χ0v) is 11.0. The van der Waals surface area contributed by atoms with Crippen molar-refractivity contribution in [3.63, 3.8) is 0 Å². The Morgan fingerprint density at radius 2 is 1.94 bits per heavy atom. The lowest BCUT2D eigenvalue weighted by Crippen LogP contribution is -2.46. The van der Waals surface area contributed by atoms with E-state index < -0.39 is 5.60 Å². The van der Waals surface area contributed by atoms with Crippen LogP contribution in [0.3, 0.4) is 0 Å². The molecule has 0 saturated carbocycles. The molecule has 2 N–H and O–H groups in total. The van der Waals surface area contributed by atoms with Crippen LogP contribution in [0.5, 0.6) is 0 Å². The summed E-state index contributed by atoms with van der Waals surface area (Å²) in [7, 11) is 0. The first-order chi connectivity index (χ1) is 7.77. The van der Waals surface area contributed by atoms with Gasteiger partial charge in [-0.25, -0.2) is 4.39 Å². The number of rotatable bonds is 4. The van der Waals surface area contributed by atoms with Crippen LogP contribution in [0.4, 0.5) is 4.39 Å². The summed E-state index contributed by atoms with van der Waals surface area (Å²) in [6.45, 7) is 8.42. The van der Waals surface area contributed by atoms with E-state index in [1.54, 1.807) is 12.1 Å². The Kier molecular flexibility index (Phi) is 4.28. The normalized spacial score (nSPS) is 15.6. The Hall–Kier alpha value is -0.930. The molecule has 0 radical (unpaired) electrons. The molecule has 0 aliphatic heterocycles. The van der Waals surface area contributed by atoms with Crippen LogP contribution in [0.15, 0.2) is 24.3 Å². The van der Waals surface area contributed by atoms with Crippen molar-refractivity contribution in [3.05, 3.63) is 35.6 Å². The lowest BCUT2D eigenvalue weighted by atomic mass is 9.90. The Balaban J connectivity index is 2.88. The number of hydrogen-bond donors (Lipinski definition) is 2. The van der Waals surface area contributed by atoms with Crippen molar-refractivity contribution in [3.8, 4) is 0 Å². The number of β-amino-alcohol motifs (C(OH)–C–C–N with tert-alkyl or cyclic N) is 1. The van der Waals surface area contributed by atoms with Crippen LogP contribution >= 0.6 is 0 Å². The van der Waals surface area contributed by atoms with Gasteiger partial charge < -0.3 is 10.4 Å². The number of benzene rings is 1. The van der Waals surface area contributed by atoms with Crippen molar-refractivity contribution in [2.75, 3.05) is 6.54 Å². The van der Waals surface area contributed by atoms with Crippen molar-refractivity contribution in [1.82, 2.24) is 5.32 Å². The Morgan fingerprint density at radius 3 is 2.41 bits per heavy atom. The van der Waals surface area contributed by atoms with Crippen molar-refractivity contribution >= 4 is 0 Å². The van der Waals surface area contributed by atoms with Gasteiger partial charge in [0.05, 0.1) is 0 Å². The van der Waals surface area contributed by atoms with E-state index in [4.69, 9.17) is 0 Å². The van der Waals surface area contributed by atoms with E-state index in [1.165, 1.54) is 12.1 Å². The third-order valence-electron chi connectivity index (χ3n) is 2.86. The maximum absolute atomic E-state index is 13.2. The van der Waals surface area contributed by atoms with Crippen molar-refractivity contribution in [1.29, 1.82) is 0 Å². The largest absolute Gasteiger partial charge is 0.384 e. The number of halogens is 1. The van der Waals surface area contributed by atoms with Crippen LogP contribution < -0.4 is 5.32 Å². The van der Waals surface area contributed by atoms with Crippen molar-refractivity contribution in [2.24, 2.45) is 0 Å². The molecule has 0 heterocycles. The second kappa shape index (κ2) is 5.15. The van der Waals surface area contributed by atoms with Crippen molar-refractivity contribution < 1.29 is 9.50 Å². The molecule has 2 nitrogen and oxygen atoms in total. The minimum atomic E-state index is -1.02. The van der Waals surface area contributed by atoms with E-state index in [9.17, 15) is 9.50 Å². The van der Waals surface area contributed by atoms with E-state index in [0.717, 1.165) is 0 Å². The highest BCUT2D eigenvalue weighted by molar-refractivity contribution is 5.23. The predicted molar refractivity (Wildman–Crippen MR) is 68.3 cm³/mol. The second-order valence-corrected chi connectivity index (χ2v) is 5.50. The lowest BCUT2D eigenvalue weighted by Gasteiger charge is -2.32. The highest BCUT2D eigenvalue weighted by Crippen LogP contribution is 2.25. The molecule has 1 atom stereocenters. The summed E-state index contributed by atoms with van der Waals surface area (Å²) in [6.07, 6.45) is 0.541. The number of aliphatic hydroxyl groups is 1. The maximum Gasteiger partial charge on any atom is 0.123 e. The number of hydrogen-bond acceptors (Lipinski definition) is 2. The second-order valence-electron chi connectivity index (χ2n) is 5.50. The smallest absolute Gasteiger partial charge is 0.123 e. The van der Waals surface area contributed by atoms with Crippen LogP contribution in [0.2, 0.25) is 0 Å². The van der Waals surface area contributed by atoms with Crippen LogP contribution in [0, 0.1) is 5.82 Å². The van der Waals surface area contributed by atoms with Gasteiger partial charge in [0.1, 0.15) is 11.4 Å². The molecular formula is C14H22FNO. The molecule has 1 rings (SSSR count). The average molecular weight is 239 g/mol. The molecule has 96 valence electrons. The van der Waals surface area contributed by atoms with Gasteiger partial charge in [0.2, 0.25) is 0 Å². The van der Waals surface area contributed by atoms with Gasteiger partial charge in [-0.1, -0.05) is 19.1 Å². The first kappa shape index (κ1) is 14.1. The molecule has 0 aliphatic rings. The molecular weight excluding hydrogens is 217 g/mol. The fourth-order valence-corrected chi connectivity index (χ4v) is 1.62. The van der Waals surface area contributed by atoms with Crippen LogP contribution in [-0.4, -0.2) is 17.2 Å². The van der Waals surface area contributed by atoms with E-state index >= 15 is 0 Å². The zero-order valence-electron chi connectivity index (χ0n) is 11.0. The molecule has 1 unspecified atom stereocenters. The first-order valence-corrected chi connectivity index (χ1v) is 6.00. The van der Waals surface area contributed by atoms with Gasteiger partial charge in [-0.15, -0.1) is 0 Å². The van der Waals surface area contributed by atoms with Gasteiger partial charge in [0.25, 0.3) is 0 Å². The molecule has 0 bridgehead atoms. The minimum Gasteiger partial charge on any atom is -0.384 e. The summed E-state index contributed by atoms with van der Waals surface area (Å²) >= 11 is 0. The van der Waals surface area contributed by atoms with E-state index in [1.807, 2.05) is 27.7 Å². The molecule has 0 saturated heterocycles. The standard InChI is InChI=1S/C14H22FNO/c1-5-14(17,10-16-13(2,3)4)11-7-6-8-12(15)9-11/h6-9,16-17H,5,10H2,1-4H3. The SMILES string of the molecule is CCC(O)(CNC(C)(C)C)c1cccc(F)c1. The Labute approximate surface area is 103 Å². The monoisotopic (exact) mass is 239 g/mol. The fourth-order valence-electron chi connectivity index (χ4n) is 1.62. The van der Waals surface area contributed by atoms with E-state index in [2.05, 4.69) is 5.32 Å². The predicted octanol–water partition coefficient (Wildman–Crippen LogP) is 2.81. The molecule has 0 fully saturated rings. The molecule has 17 heavy (non-hydrogen) atoms. The molecule has 0 amide bonds. The zero-order chi connectivity index (χ0) is 13.1. The average Bonchev–Trinajstić information content (AvgIpc) is 2.25. The maximum atomic E-state index is 13.2. The summed E-state index contributed by atoms with van der Waals surface area (Å²) < 4.78 is 13.2. The van der Waals surface area contributed by atoms with Crippen LogP contribution in [0.1, 0.15) is 39.7 Å². The van der Waals surface area contributed by atoms with Gasteiger partial charge in [-0.05, 0) is 44.9 Å². The topological polar surface area (TPSA) is 32.3 Å². The van der Waals surface area contributed by atoms with Crippen LogP contribution in [-0.2, 0) is 5.60 Å². The van der Waals surface area contributed by atoms with Gasteiger partial charge in [0, 0.05) is 12.1 Å². The third-order valence-corrected chi connectivity index (χ3v) is 2.86. The highest BCUT2D eigenvalue weighted by Gasteiger charge is 2.28. The molecule has 1 aromatic rings. The summed E-state index contributed by atoms with van der Waals surface area (Å²) in [5, 5.41) is 13.8. The molecule has 0 spiro atoms. The Bertz CT molecular complexity index is 373. The van der Waals surface area contributed by atoms with Gasteiger partial charge >= 0.3 is 0 Å². The van der Waals surface area contributed by atoms with E-state index in [0.29, 0.717) is 18.5 Å².